The normalized spacial score (nSPS) is 10.1. The Hall–Kier alpha value is -3.03. The van der Waals surface area contributed by atoms with E-state index in [4.69, 9.17) is 0 Å². The first-order valence-electron chi connectivity index (χ1n) is 5.38. The fourth-order valence-electron chi connectivity index (χ4n) is 1.50. The standard InChI is InChI=1S/C12H8FN3O4/c13-11-3-1-2-9(14-11)12(18)15-8-5-4-7(17)6-10(8)16(19)20/h1-6,17H,(H,15,18). The molecule has 0 aliphatic rings. The molecule has 0 atom stereocenters. The summed E-state index contributed by atoms with van der Waals surface area (Å²) in [6, 6.07) is 6.88. The number of phenols is 1. The minimum atomic E-state index is -0.835. The third-order valence-electron chi connectivity index (χ3n) is 2.37. The lowest BCUT2D eigenvalue weighted by Crippen LogP contribution is -2.15. The van der Waals surface area contributed by atoms with Crippen LogP contribution >= 0.6 is 0 Å². The maximum Gasteiger partial charge on any atom is 0.296 e. The van der Waals surface area contributed by atoms with Crippen molar-refractivity contribution in [2.45, 2.75) is 0 Å². The molecule has 1 heterocycles. The van der Waals surface area contributed by atoms with Gasteiger partial charge in [0, 0.05) is 0 Å². The molecule has 102 valence electrons. The third-order valence-corrected chi connectivity index (χ3v) is 2.37. The number of nitro groups is 1. The van der Waals surface area contributed by atoms with Crippen LogP contribution in [0.25, 0.3) is 0 Å². The first-order chi connectivity index (χ1) is 9.47. The van der Waals surface area contributed by atoms with E-state index >= 15 is 0 Å². The number of rotatable bonds is 3. The Morgan fingerprint density at radius 1 is 1.35 bits per heavy atom. The molecule has 1 aromatic heterocycles. The Labute approximate surface area is 111 Å². The highest BCUT2D eigenvalue weighted by atomic mass is 19.1. The number of hydrogen-bond donors (Lipinski definition) is 2. The van der Waals surface area contributed by atoms with Gasteiger partial charge in [-0.15, -0.1) is 0 Å². The molecule has 1 amide bonds. The molecule has 2 aromatic rings. The van der Waals surface area contributed by atoms with Crippen molar-refractivity contribution in [3.05, 3.63) is 58.2 Å². The number of nitrogens with one attached hydrogen (secondary N) is 1. The van der Waals surface area contributed by atoms with Crippen LogP contribution in [0.4, 0.5) is 15.8 Å². The van der Waals surface area contributed by atoms with Crippen molar-refractivity contribution in [1.82, 2.24) is 4.98 Å². The highest BCUT2D eigenvalue weighted by Gasteiger charge is 2.18. The smallest absolute Gasteiger partial charge is 0.296 e. The van der Waals surface area contributed by atoms with Crippen LogP contribution in [0.3, 0.4) is 0 Å². The van der Waals surface area contributed by atoms with Gasteiger partial charge in [-0.3, -0.25) is 14.9 Å². The number of phenolic OH excluding ortho intramolecular Hbond substituents is 1. The third kappa shape index (κ3) is 2.86. The van der Waals surface area contributed by atoms with Crippen molar-refractivity contribution >= 4 is 17.3 Å². The maximum absolute atomic E-state index is 12.9. The summed E-state index contributed by atoms with van der Waals surface area (Å²) in [5, 5.41) is 22.3. The van der Waals surface area contributed by atoms with Crippen LogP contribution in [0, 0.1) is 16.1 Å². The van der Waals surface area contributed by atoms with Gasteiger partial charge >= 0.3 is 0 Å². The molecule has 20 heavy (non-hydrogen) atoms. The van der Waals surface area contributed by atoms with Gasteiger partial charge in [0.15, 0.2) is 0 Å². The van der Waals surface area contributed by atoms with Gasteiger partial charge in [0.25, 0.3) is 11.6 Å². The number of carbonyl (C=O) groups excluding carboxylic acids is 1. The van der Waals surface area contributed by atoms with Gasteiger partial charge in [0.1, 0.15) is 17.1 Å². The summed E-state index contributed by atoms with van der Waals surface area (Å²) >= 11 is 0. The van der Waals surface area contributed by atoms with Crippen molar-refractivity contribution in [3.8, 4) is 5.75 Å². The van der Waals surface area contributed by atoms with Crippen molar-refractivity contribution in [2.75, 3.05) is 5.32 Å². The average Bonchev–Trinajstić information content (AvgIpc) is 2.40. The molecular formula is C12H8FN3O4. The number of carbonyl (C=O) groups is 1. The summed E-state index contributed by atoms with van der Waals surface area (Å²) in [5.74, 6) is -1.94. The second-order valence-electron chi connectivity index (χ2n) is 3.76. The molecule has 0 unspecified atom stereocenters. The zero-order valence-electron chi connectivity index (χ0n) is 9.91. The Morgan fingerprint density at radius 3 is 2.75 bits per heavy atom. The predicted octanol–water partition coefficient (Wildman–Crippen LogP) is 2.09. The van der Waals surface area contributed by atoms with Gasteiger partial charge in [-0.25, -0.2) is 4.98 Å². The average molecular weight is 277 g/mol. The van der Waals surface area contributed by atoms with Gasteiger partial charge in [-0.05, 0) is 24.3 Å². The van der Waals surface area contributed by atoms with E-state index in [-0.39, 0.29) is 17.1 Å². The molecule has 0 bridgehead atoms. The van der Waals surface area contributed by atoms with E-state index in [1.807, 2.05) is 0 Å². The van der Waals surface area contributed by atoms with Crippen molar-refractivity contribution < 1.29 is 19.2 Å². The number of aromatic hydroxyl groups is 1. The van der Waals surface area contributed by atoms with E-state index < -0.39 is 22.5 Å². The monoisotopic (exact) mass is 277 g/mol. The second-order valence-corrected chi connectivity index (χ2v) is 3.76. The molecule has 2 rings (SSSR count). The molecule has 0 spiro atoms. The van der Waals surface area contributed by atoms with Crippen LogP contribution in [-0.4, -0.2) is 20.9 Å². The number of hydrogen-bond acceptors (Lipinski definition) is 5. The molecular weight excluding hydrogens is 269 g/mol. The molecule has 7 nitrogen and oxygen atoms in total. The molecule has 0 saturated heterocycles. The van der Waals surface area contributed by atoms with Crippen molar-refractivity contribution in [2.24, 2.45) is 0 Å². The first-order valence-corrected chi connectivity index (χ1v) is 5.38. The van der Waals surface area contributed by atoms with Crippen LogP contribution in [0.15, 0.2) is 36.4 Å². The molecule has 0 radical (unpaired) electrons. The minimum absolute atomic E-state index is 0.121. The minimum Gasteiger partial charge on any atom is -0.508 e. The zero-order valence-corrected chi connectivity index (χ0v) is 9.91. The fourth-order valence-corrected chi connectivity index (χ4v) is 1.50. The van der Waals surface area contributed by atoms with E-state index in [0.29, 0.717) is 0 Å². The number of nitro benzene ring substituents is 1. The Morgan fingerprint density at radius 2 is 2.10 bits per heavy atom. The number of benzene rings is 1. The van der Waals surface area contributed by atoms with Crippen LogP contribution in [0.2, 0.25) is 0 Å². The topological polar surface area (TPSA) is 105 Å². The molecule has 0 fully saturated rings. The van der Waals surface area contributed by atoms with Crippen LogP contribution in [0.1, 0.15) is 10.5 Å². The SMILES string of the molecule is O=C(Nc1ccc(O)cc1[N+](=O)[O-])c1cccc(F)n1. The van der Waals surface area contributed by atoms with E-state index in [1.54, 1.807) is 0 Å². The number of aromatic nitrogens is 1. The predicted molar refractivity (Wildman–Crippen MR) is 66.9 cm³/mol. The summed E-state index contributed by atoms with van der Waals surface area (Å²) in [6.45, 7) is 0. The summed E-state index contributed by atoms with van der Waals surface area (Å²) < 4.78 is 12.9. The lowest BCUT2D eigenvalue weighted by Gasteiger charge is -2.05. The number of anilines is 1. The van der Waals surface area contributed by atoms with Gasteiger partial charge in [0.05, 0.1) is 11.0 Å². The maximum atomic E-state index is 12.9. The molecule has 8 heteroatoms. The van der Waals surface area contributed by atoms with Crippen molar-refractivity contribution in [1.29, 1.82) is 0 Å². The Balaban J connectivity index is 2.30. The van der Waals surface area contributed by atoms with Crippen LogP contribution < -0.4 is 5.32 Å². The van der Waals surface area contributed by atoms with Gasteiger partial charge in [-0.1, -0.05) is 6.07 Å². The fraction of sp³-hybridized carbons (Fsp3) is 0. The highest BCUT2D eigenvalue weighted by Crippen LogP contribution is 2.28. The number of amides is 1. The molecule has 0 aliphatic heterocycles. The molecule has 1 aromatic carbocycles. The van der Waals surface area contributed by atoms with Crippen LogP contribution in [-0.2, 0) is 0 Å². The van der Waals surface area contributed by atoms with Gasteiger partial charge in [-0.2, -0.15) is 4.39 Å². The number of pyridine rings is 1. The summed E-state index contributed by atoms with van der Waals surface area (Å²) in [5.41, 5.74) is -0.814. The first kappa shape index (κ1) is 13.4. The molecule has 0 aliphatic carbocycles. The van der Waals surface area contributed by atoms with E-state index in [2.05, 4.69) is 10.3 Å². The number of nitrogens with zero attached hydrogens (tertiary/aromatic N) is 2. The van der Waals surface area contributed by atoms with E-state index in [0.717, 1.165) is 12.1 Å². The van der Waals surface area contributed by atoms with Crippen LogP contribution in [0.5, 0.6) is 5.75 Å². The van der Waals surface area contributed by atoms with Crippen molar-refractivity contribution in [3.63, 3.8) is 0 Å². The highest BCUT2D eigenvalue weighted by molar-refractivity contribution is 6.04. The molecule has 0 saturated carbocycles. The second kappa shape index (κ2) is 5.31. The summed E-state index contributed by atoms with van der Waals surface area (Å²) in [4.78, 5) is 25.2. The van der Waals surface area contributed by atoms with Gasteiger partial charge in [0.2, 0.25) is 5.95 Å². The van der Waals surface area contributed by atoms with Gasteiger partial charge < -0.3 is 10.4 Å². The Kier molecular flexibility index (Phi) is 3.56. The zero-order chi connectivity index (χ0) is 14.7. The van der Waals surface area contributed by atoms with E-state index in [9.17, 15) is 24.4 Å². The summed E-state index contributed by atoms with van der Waals surface area (Å²) in [7, 11) is 0. The largest absolute Gasteiger partial charge is 0.508 e. The Bertz CT molecular complexity index is 690. The lowest BCUT2D eigenvalue weighted by molar-refractivity contribution is -0.384. The summed E-state index contributed by atoms with van der Waals surface area (Å²) in [6.07, 6.45) is 0. The quantitative estimate of drug-likeness (QED) is 0.387. The lowest BCUT2D eigenvalue weighted by atomic mass is 10.2. The van der Waals surface area contributed by atoms with E-state index in [1.165, 1.54) is 24.3 Å². The number of halogens is 1. The molecule has 2 N–H and O–H groups in total.